The molecule has 0 unspecified atom stereocenters. The number of anilines is 1. The van der Waals surface area contributed by atoms with Crippen LogP contribution in [0.4, 0.5) is 5.69 Å². The van der Waals surface area contributed by atoms with Gasteiger partial charge in [-0.1, -0.05) is 12.1 Å². The van der Waals surface area contributed by atoms with Crippen LogP contribution in [0.2, 0.25) is 0 Å². The van der Waals surface area contributed by atoms with Crippen molar-refractivity contribution in [2.24, 2.45) is 0 Å². The van der Waals surface area contributed by atoms with Crippen LogP contribution in [-0.4, -0.2) is 49.0 Å². The van der Waals surface area contributed by atoms with Gasteiger partial charge in [0.05, 0.1) is 12.1 Å². The predicted molar refractivity (Wildman–Crippen MR) is 91.4 cm³/mol. The Bertz CT molecular complexity index is 705. The maximum absolute atomic E-state index is 11.9. The van der Waals surface area contributed by atoms with E-state index in [1.165, 1.54) is 6.92 Å². The molecule has 0 spiro atoms. The molecule has 0 bridgehead atoms. The Morgan fingerprint density at radius 2 is 2.04 bits per heavy atom. The van der Waals surface area contributed by atoms with E-state index in [1.54, 1.807) is 31.2 Å². The van der Waals surface area contributed by atoms with Crippen molar-refractivity contribution in [1.29, 1.82) is 0 Å². The number of carbonyl (C=O) groups excluding carboxylic acids is 4. The molecule has 0 aromatic heterocycles. The van der Waals surface area contributed by atoms with E-state index in [2.05, 4.69) is 16.0 Å². The summed E-state index contributed by atoms with van der Waals surface area (Å²) in [4.78, 5) is 47.0. The van der Waals surface area contributed by atoms with Gasteiger partial charge in [0, 0.05) is 6.54 Å². The summed E-state index contributed by atoms with van der Waals surface area (Å²) in [5.74, 6) is -1.71. The summed E-state index contributed by atoms with van der Waals surface area (Å²) >= 11 is 0. The normalized spacial score (nSPS) is 16.4. The Morgan fingerprint density at radius 3 is 2.77 bits per heavy atom. The zero-order valence-electron chi connectivity index (χ0n) is 14.5. The Kier molecular flexibility index (Phi) is 6.54. The van der Waals surface area contributed by atoms with E-state index in [4.69, 9.17) is 9.47 Å². The molecule has 3 amide bonds. The molecule has 9 heteroatoms. The predicted octanol–water partition coefficient (Wildman–Crippen LogP) is -0.0398. The Labute approximate surface area is 150 Å². The molecule has 0 saturated heterocycles. The number of para-hydroxylation sites is 2. The Hall–Kier alpha value is -3.10. The summed E-state index contributed by atoms with van der Waals surface area (Å²) in [5, 5.41) is 7.60. The first-order chi connectivity index (χ1) is 12.4. The number of carbonyl (C=O) groups is 4. The molecule has 0 aliphatic carbocycles. The Morgan fingerprint density at radius 1 is 1.31 bits per heavy atom. The van der Waals surface area contributed by atoms with Gasteiger partial charge in [0.25, 0.3) is 11.8 Å². The molecule has 1 aromatic rings. The quantitative estimate of drug-likeness (QED) is 0.584. The smallest absolute Gasteiger partial charge is 0.310 e. The number of ether oxygens (including phenoxy) is 2. The number of rotatable bonds is 7. The molecule has 1 aliphatic rings. The number of amides is 3. The highest BCUT2D eigenvalue weighted by molar-refractivity contribution is 5.99. The average molecular weight is 363 g/mol. The van der Waals surface area contributed by atoms with Crippen molar-refractivity contribution >= 4 is 29.4 Å². The van der Waals surface area contributed by atoms with E-state index >= 15 is 0 Å². The number of benzene rings is 1. The monoisotopic (exact) mass is 363 g/mol. The van der Waals surface area contributed by atoms with Gasteiger partial charge in [-0.25, -0.2) is 0 Å². The summed E-state index contributed by atoms with van der Waals surface area (Å²) in [5.41, 5.74) is 0.529. The van der Waals surface area contributed by atoms with Crippen LogP contribution in [0.3, 0.4) is 0 Å². The van der Waals surface area contributed by atoms with Crippen LogP contribution >= 0.6 is 0 Å². The number of esters is 1. The van der Waals surface area contributed by atoms with Crippen LogP contribution in [0.5, 0.6) is 5.75 Å². The van der Waals surface area contributed by atoms with Gasteiger partial charge in [-0.3, -0.25) is 19.2 Å². The number of hydrogen-bond donors (Lipinski definition) is 3. The van der Waals surface area contributed by atoms with Crippen LogP contribution in [0.25, 0.3) is 0 Å². The second kappa shape index (κ2) is 8.84. The van der Waals surface area contributed by atoms with E-state index in [-0.39, 0.29) is 12.3 Å². The van der Waals surface area contributed by atoms with Gasteiger partial charge in [0.15, 0.2) is 12.7 Å². The molecule has 0 saturated carbocycles. The van der Waals surface area contributed by atoms with E-state index in [0.29, 0.717) is 18.0 Å². The minimum Gasteiger partial charge on any atom is -0.478 e. The zero-order chi connectivity index (χ0) is 19.1. The lowest BCUT2D eigenvalue weighted by atomic mass is 10.1. The van der Waals surface area contributed by atoms with Crippen molar-refractivity contribution in [2.75, 3.05) is 18.5 Å². The molecule has 1 heterocycles. The van der Waals surface area contributed by atoms with Crippen LogP contribution in [-0.2, 0) is 23.9 Å². The van der Waals surface area contributed by atoms with Gasteiger partial charge in [0.1, 0.15) is 11.8 Å². The van der Waals surface area contributed by atoms with Crippen LogP contribution < -0.4 is 20.7 Å². The molecule has 1 aromatic carbocycles. The van der Waals surface area contributed by atoms with Crippen molar-refractivity contribution in [1.82, 2.24) is 10.6 Å². The second-order valence-corrected chi connectivity index (χ2v) is 5.64. The average Bonchev–Trinajstić information content (AvgIpc) is 2.60. The fraction of sp³-hybridized carbons (Fsp3) is 0.412. The fourth-order valence-corrected chi connectivity index (χ4v) is 2.26. The Balaban J connectivity index is 1.78. The van der Waals surface area contributed by atoms with Crippen LogP contribution in [0, 0.1) is 0 Å². The fourth-order valence-electron chi connectivity index (χ4n) is 2.26. The molecule has 26 heavy (non-hydrogen) atoms. The van der Waals surface area contributed by atoms with Gasteiger partial charge >= 0.3 is 5.97 Å². The number of likely N-dealkylation sites (N-methyl/N-ethyl adjacent to an activating group) is 1. The SMILES string of the molecule is CCNC(=O)[C@H](C)NC(=O)COC(=O)C[C@@H]1Oc2ccccc2NC1=O. The van der Waals surface area contributed by atoms with Crippen molar-refractivity contribution in [3.05, 3.63) is 24.3 Å². The highest BCUT2D eigenvalue weighted by atomic mass is 16.5. The van der Waals surface area contributed by atoms with Gasteiger partial charge in [-0.15, -0.1) is 0 Å². The number of hydrogen-bond acceptors (Lipinski definition) is 6. The third kappa shape index (κ3) is 5.20. The van der Waals surface area contributed by atoms with E-state index < -0.39 is 36.5 Å². The van der Waals surface area contributed by atoms with Gasteiger partial charge < -0.3 is 25.4 Å². The standard InChI is InChI=1S/C17H21N3O6/c1-3-18-16(23)10(2)19-14(21)9-25-15(22)8-13-17(24)20-11-6-4-5-7-12(11)26-13/h4-7,10,13H,3,8-9H2,1-2H3,(H,18,23)(H,19,21)(H,20,24)/t10-,13-/m0/s1. The molecule has 2 atom stereocenters. The third-order valence-electron chi connectivity index (χ3n) is 3.54. The molecule has 0 radical (unpaired) electrons. The summed E-state index contributed by atoms with van der Waals surface area (Å²) in [6.07, 6.45) is -1.37. The zero-order valence-corrected chi connectivity index (χ0v) is 14.5. The molecule has 9 nitrogen and oxygen atoms in total. The van der Waals surface area contributed by atoms with Crippen LogP contribution in [0.1, 0.15) is 20.3 Å². The summed E-state index contributed by atoms with van der Waals surface area (Å²) in [6.45, 7) is 3.17. The molecule has 0 fully saturated rings. The van der Waals surface area contributed by atoms with E-state index in [9.17, 15) is 19.2 Å². The van der Waals surface area contributed by atoms with Crippen LogP contribution in [0.15, 0.2) is 24.3 Å². The first-order valence-electron chi connectivity index (χ1n) is 8.20. The summed E-state index contributed by atoms with van der Waals surface area (Å²) in [7, 11) is 0. The lowest BCUT2D eigenvalue weighted by Gasteiger charge is -2.25. The topological polar surface area (TPSA) is 123 Å². The highest BCUT2D eigenvalue weighted by Crippen LogP contribution is 2.29. The first-order valence-corrected chi connectivity index (χ1v) is 8.20. The van der Waals surface area contributed by atoms with Gasteiger partial charge in [-0.2, -0.15) is 0 Å². The molecular weight excluding hydrogens is 342 g/mol. The first kappa shape index (κ1) is 19.2. The third-order valence-corrected chi connectivity index (χ3v) is 3.54. The molecule has 3 N–H and O–H groups in total. The number of nitrogens with one attached hydrogen (secondary N) is 3. The van der Waals surface area contributed by atoms with E-state index in [1.807, 2.05) is 0 Å². The molecule has 140 valence electrons. The van der Waals surface area contributed by atoms with Crippen molar-refractivity contribution < 1.29 is 28.7 Å². The maximum atomic E-state index is 11.9. The van der Waals surface area contributed by atoms with E-state index in [0.717, 1.165) is 0 Å². The summed E-state index contributed by atoms with van der Waals surface area (Å²) < 4.78 is 10.3. The van der Waals surface area contributed by atoms with Crippen molar-refractivity contribution in [2.45, 2.75) is 32.4 Å². The molecule has 2 rings (SSSR count). The summed E-state index contributed by atoms with van der Waals surface area (Å²) in [6, 6.07) is 6.10. The minimum absolute atomic E-state index is 0.334. The second-order valence-electron chi connectivity index (χ2n) is 5.64. The largest absolute Gasteiger partial charge is 0.478 e. The minimum atomic E-state index is -1.03. The highest BCUT2D eigenvalue weighted by Gasteiger charge is 2.30. The number of fused-ring (bicyclic) bond motifs is 1. The van der Waals surface area contributed by atoms with Gasteiger partial charge in [-0.05, 0) is 26.0 Å². The lowest BCUT2D eigenvalue weighted by molar-refractivity contribution is -0.151. The van der Waals surface area contributed by atoms with Crippen molar-refractivity contribution in [3.8, 4) is 5.75 Å². The molecule has 1 aliphatic heterocycles. The van der Waals surface area contributed by atoms with Gasteiger partial charge in [0.2, 0.25) is 5.91 Å². The van der Waals surface area contributed by atoms with Crippen molar-refractivity contribution in [3.63, 3.8) is 0 Å². The lowest BCUT2D eigenvalue weighted by Crippen LogP contribution is -2.46. The molecular formula is C17H21N3O6. The maximum Gasteiger partial charge on any atom is 0.310 e.